The molecule has 84 valence electrons. The third-order valence-electron chi connectivity index (χ3n) is 2.11. The molecule has 1 aromatic carbocycles. The van der Waals surface area contributed by atoms with Crippen molar-refractivity contribution in [2.75, 3.05) is 0 Å². The van der Waals surface area contributed by atoms with Gasteiger partial charge in [0.05, 0.1) is 5.52 Å². The SMILES string of the molecule is Clc1nc(Cl)nc(-n2nnc3ccccc32)n1. The summed E-state index contributed by atoms with van der Waals surface area (Å²) < 4.78 is 1.45. The normalized spacial score (nSPS) is 10.9. The van der Waals surface area contributed by atoms with Gasteiger partial charge >= 0.3 is 0 Å². The summed E-state index contributed by atoms with van der Waals surface area (Å²) in [5.41, 5.74) is 1.51. The van der Waals surface area contributed by atoms with Crippen LogP contribution >= 0.6 is 23.2 Å². The predicted molar refractivity (Wildman–Crippen MR) is 62.3 cm³/mol. The van der Waals surface area contributed by atoms with Crippen molar-refractivity contribution in [3.05, 3.63) is 34.8 Å². The largest absolute Gasteiger partial charge is 0.258 e. The predicted octanol–water partition coefficient (Wildman–Crippen LogP) is 1.91. The van der Waals surface area contributed by atoms with Gasteiger partial charge in [-0.3, -0.25) is 0 Å². The molecule has 0 aliphatic carbocycles. The number of para-hydroxylation sites is 1. The molecule has 8 heteroatoms. The van der Waals surface area contributed by atoms with Crippen LogP contribution in [-0.4, -0.2) is 29.9 Å². The van der Waals surface area contributed by atoms with Crippen molar-refractivity contribution in [2.45, 2.75) is 0 Å². The van der Waals surface area contributed by atoms with Crippen LogP contribution in [0.25, 0.3) is 17.0 Å². The van der Waals surface area contributed by atoms with E-state index in [4.69, 9.17) is 23.2 Å². The molecule has 2 aromatic heterocycles. The second-order valence-corrected chi connectivity index (χ2v) is 3.84. The summed E-state index contributed by atoms with van der Waals surface area (Å²) in [5.74, 6) is 0.240. The molecule has 3 aromatic rings. The maximum absolute atomic E-state index is 5.71. The first-order valence-corrected chi connectivity index (χ1v) is 5.37. The van der Waals surface area contributed by atoms with Gasteiger partial charge in [-0.15, -0.1) is 5.10 Å². The number of fused-ring (bicyclic) bond motifs is 1. The van der Waals surface area contributed by atoms with Crippen molar-refractivity contribution in [3.63, 3.8) is 0 Å². The Hall–Kier alpha value is -1.79. The van der Waals surface area contributed by atoms with E-state index in [2.05, 4.69) is 25.3 Å². The number of benzene rings is 1. The lowest BCUT2D eigenvalue weighted by molar-refractivity contribution is 0.765. The number of hydrogen-bond acceptors (Lipinski definition) is 5. The highest BCUT2D eigenvalue weighted by Crippen LogP contribution is 2.15. The second kappa shape index (κ2) is 3.90. The van der Waals surface area contributed by atoms with Gasteiger partial charge in [-0.2, -0.15) is 19.6 Å². The van der Waals surface area contributed by atoms with Crippen LogP contribution in [0.2, 0.25) is 10.6 Å². The van der Waals surface area contributed by atoms with E-state index in [9.17, 15) is 0 Å². The lowest BCUT2D eigenvalue weighted by atomic mass is 10.3. The molecule has 0 radical (unpaired) electrons. The van der Waals surface area contributed by atoms with E-state index >= 15 is 0 Å². The van der Waals surface area contributed by atoms with E-state index in [1.54, 1.807) is 0 Å². The Morgan fingerprint density at radius 1 is 0.941 bits per heavy atom. The highest BCUT2D eigenvalue weighted by molar-refractivity contribution is 6.31. The highest BCUT2D eigenvalue weighted by Gasteiger charge is 2.10. The van der Waals surface area contributed by atoms with Crippen molar-refractivity contribution in [3.8, 4) is 5.95 Å². The molecule has 6 nitrogen and oxygen atoms in total. The van der Waals surface area contributed by atoms with Crippen molar-refractivity contribution in [1.29, 1.82) is 0 Å². The molecule has 0 unspecified atom stereocenters. The molecule has 0 aliphatic heterocycles. The Balaban J connectivity index is 2.27. The van der Waals surface area contributed by atoms with Crippen LogP contribution in [-0.2, 0) is 0 Å². The molecule has 17 heavy (non-hydrogen) atoms. The average Bonchev–Trinajstić information content (AvgIpc) is 2.71. The first kappa shape index (κ1) is 10.4. The van der Waals surface area contributed by atoms with Gasteiger partial charge < -0.3 is 0 Å². The van der Waals surface area contributed by atoms with Gasteiger partial charge in [0.25, 0.3) is 5.95 Å². The van der Waals surface area contributed by atoms with Gasteiger partial charge in [-0.05, 0) is 35.3 Å². The first-order chi connectivity index (χ1) is 8.24. The van der Waals surface area contributed by atoms with E-state index in [1.807, 2.05) is 24.3 Å². The highest BCUT2D eigenvalue weighted by atomic mass is 35.5. The van der Waals surface area contributed by atoms with E-state index in [0.29, 0.717) is 0 Å². The molecule has 0 bridgehead atoms. The molecule has 0 fully saturated rings. The van der Waals surface area contributed by atoms with Gasteiger partial charge in [0, 0.05) is 0 Å². The monoisotopic (exact) mass is 266 g/mol. The van der Waals surface area contributed by atoms with Gasteiger partial charge in [0.15, 0.2) is 0 Å². The Labute approximate surface area is 105 Å². The second-order valence-electron chi connectivity index (χ2n) is 3.16. The van der Waals surface area contributed by atoms with Gasteiger partial charge in [0.1, 0.15) is 5.52 Å². The minimum Gasteiger partial charge on any atom is -0.187 e. The molecular formula is C9H4Cl2N6. The van der Waals surface area contributed by atoms with Crippen LogP contribution < -0.4 is 0 Å². The maximum Gasteiger partial charge on any atom is 0.258 e. The van der Waals surface area contributed by atoms with E-state index in [-0.39, 0.29) is 16.5 Å². The minimum atomic E-state index is 0.0135. The zero-order valence-corrected chi connectivity index (χ0v) is 9.76. The zero-order chi connectivity index (χ0) is 11.8. The topological polar surface area (TPSA) is 69.4 Å². The third kappa shape index (κ3) is 1.81. The number of halogens is 2. The molecule has 0 saturated carbocycles. The summed E-state index contributed by atoms with van der Waals surface area (Å²) >= 11 is 11.4. The third-order valence-corrected chi connectivity index (χ3v) is 2.45. The number of nitrogens with zero attached hydrogens (tertiary/aromatic N) is 6. The quantitative estimate of drug-likeness (QED) is 0.673. The Bertz CT molecular complexity index is 675. The maximum atomic E-state index is 5.71. The fraction of sp³-hybridized carbons (Fsp3) is 0. The number of hydrogen-bond donors (Lipinski definition) is 0. The standard InChI is InChI=1S/C9H4Cl2N6/c10-7-12-8(11)14-9(13-7)17-6-4-2-1-3-5(6)15-16-17/h1-4H. The summed E-state index contributed by atoms with van der Waals surface area (Å²) in [4.78, 5) is 11.6. The summed E-state index contributed by atoms with van der Waals surface area (Å²) in [6, 6.07) is 7.42. The smallest absolute Gasteiger partial charge is 0.187 e. The van der Waals surface area contributed by atoms with E-state index < -0.39 is 0 Å². The van der Waals surface area contributed by atoms with Gasteiger partial charge in [-0.1, -0.05) is 17.3 Å². The molecule has 0 amide bonds. The van der Waals surface area contributed by atoms with E-state index in [0.717, 1.165) is 11.0 Å². The molecular weight excluding hydrogens is 263 g/mol. The van der Waals surface area contributed by atoms with Gasteiger partial charge in [-0.25, -0.2) is 0 Å². The zero-order valence-electron chi connectivity index (χ0n) is 8.25. The number of rotatable bonds is 1. The summed E-state index contributed by atoms with van der Waals surface area (Å²) in [6.45, 7) is 0. The number of aromatic nitrogens is 6. The molecule has 0 N–H and O–H groups in total. The lowest BCUT2D eigenvalue weighted by Gasteiger charge is -2.00. The minimum absolute atomic E-state index is 0.0135. The van der Waals surface area contributed by atoms with Crippen molar-refractivity contribution in [1.82, 2.24) is 29.9 Å². The fourth-order valence-electron chi connectivity index (χ4n) is 1.43. The van der Waals surface area contributed by atoms with Crippen molar-refractivity contribution in [2.24, 2.45) is 0 Å². The summed E-state index contributed by atoms with van der Waals surface area (Å²) in [7, 11) is 0. The van der Waals surface area contributed by atoms with Crippen LogP contribution in [0, 0.1) is 0 Å². The van der Waals surface area contributed by atoms with Gasteiger partial charge in [0.2, 0.25) is 10.6 Å². The summed E-state index contributed by atoms with van der Waals surface area (Å²) in [5, 5.41) is 7.95. The van der Waals surface area contributed by atoms with Crippen molar-refractivity contribution < 1.29 is 0 Å². The average molecular weight is 267 g/mol. The summed E-state index contributed by atoms with van der Waals surface area (Å²) in [6.07, 6.45) is 0. The van der Waals surface area contributed by atoms with Crippen LogP contribution in [0.4, 0.5) is 0 Å². The molecule has 0 saturated heterocycles. The molecule has 0 atom stereocenters. The molecule has 0 spiro atoms. The van der Waals surface area contributed by atoms with Crippen molar-refractivity contribution >= 4 is 34.2 Å². The first-order valence-electron chi connectivity index (χ1n) is 4.62. The molecule has 3 rings (SSSR count). The molecule has 0 aliphatic rings. The molecule has 2 heterocycles. The van der Waals surface area contributed by atoms with Crippen LogP contribution in [0.1, 0.15) is 0 Å². The Kier molecular flexibility index (Phi) is 2.38. The fourth-order valence-corrected chi connectivity index (χ4v) is 1.78. The van der Waals surface area contributed by atoms with Crippen LogP contribution in [0.5, 0.6) is 0 Å². The Morgan fingerprint density at radius 2 is 1.65 bits per heavy atom. The lowest BCUT2D eigenvalue weighted by Crippen LogP contribution is -2.04. The Morgan fingerprint density at radius 3 is 2.41 bits per heavy atom. The van der Waals surface area contributed by atoms with Crippen LogP contribution in [0.3, 0.4) is 0 Å². The van der Waals surface area contributed by atoms with E-state index in [1.165, 1.54) is 4.68 Å². The van der Waals surface area contributed by atoms with Crippen LogP contribution in [0.15, 0.2) is 24.3 Å².